The predicted octanol–water partition coefficient (Wildman–Crippen LogP) is 7.55. The van der Waals surface area contributed by atoms with E-state index < -0.39 is 11.7 Å². The lowest BCUT2D eigenvalue weighted by molar-refractivity contribution is -0.137. The topological polar surface area (TPSA) is 79.0 Å². The van der Waals surface area contributed by atoms with Gasteiger partial charge < -0.3 is 15.0 Å². The molecule has 10 heteroatoms. The molecule has 0 spiro atoms. The van der Waals surface area contributed by atoms with E-state index in [1.165, 1.54) is 11.6 Å². The van der Waals surface area contributed by atoms with E-state index in [0.29, 0.717) is 35.1 Å². The Hall–Kier alpha value is -4.70. The molecule has 0 unspecified atom stereocenters. The van der Waals surface area contributed by atoms with Crippen LogP contribution in [0.1, 0.15) is 41.3 Å². The van der Waals surface area contributed by atoms with Crippen molar-refractivity contribution >= 4 is 5.95 Å². The molecule has 1 saturated heterocycles. The fourth-order valence-corrected chi connectivity index (χ4v) is 5.54. The van der Waals surface area contributed by atoms with Gasteiger partial charge in [0.2, 0.25) is 5.95 Å². The van der Waals surface area contributed by atoms with Gasteiger partial charge in [-0.1, -0.05) is 54.6 Å². The van der Waals surface area contributed by atoms with E-state index in [1.54, 1.807) is 25.4 Å². The maximum Gasteiger partial charge on any atom is 0.416 e. The Kier molecular flexibility index (Phi) is 8.60. The third kappa shape index (κ3) is 6.92. The van der Waals surface area contributed by atoms with E-state index in [4.69, 9.17) is 14.7 Å². The second-order valence-corrected chi connectivity index (χ2v) is 10.9. The summed E-state index contributed by atoms with van der Waals surface area (Å²) in [5, 5.41) is 3.24. The Bertz CT molecular complexity index is 1680. The molecular formula is C34H33F3N6O. The second-order valence-electron chi connectivity index (χ2n) is 10.9. The van der Waals surface area contributed by atoms with Crippen molar-refractivity contribution in [2.75, 3.05) is 25.5 Å². The van der Waals surface area contributed by atoms with Gasteiger partial charge in [0.15, 0.2) is 0 Å². The third-order valence-electron chi connectivity index (χ3n) is 7.93. The summed E-state index contributed by atoms with van der Waals surface area (Å²) >= 11 is 0. The van der Waals surface area contributed by atoms with Gasteiger partial charge in [-0.2, -0.15) is 13.2 Å². The fourth-order valence-electron chi connectivity index (χ4n) is 5.54. The maximum atomic E-state index is 13.6. The second kappa shape index (κ2) is 12.9. The molecule has 0 aliphatic carbocycles. The van der Waals surface area contributed by atoms with Gasteiger partial charge in [-0.3, -0.25) is 4.90 Å². The molecule has 1 fully saturated rings. The normalized spacial score (nSPS) is 14.5. The summed E-state index contributed by atoms with van der Waals surface area (Å²) in [5.41, 5.74) is 3.52. The summed E-state index contributed by atoms with van der Waals surface area (Å²) in [7, 11) is 1.62. The standard InChI is InChI=1S/C34H33F3N6O/c1-44-28-12-10-23(11-13-28)21-39-33-38-17-14-29(40-33)31-30(26-8-5-9-27(20-26)34(35,36)37)41-32(42-31)25-15-18-43(19-16-25)22-24-6-3-2-4-7-24/h2-14,17,20,25H,15-16,18-19,21-22H2,1H3,(H,41,42)(H,38,39,40). The first-order valence-electron chi connectivity index (χ1n) is 14.6. The Balaban J connectivity index is 1.27. The molecule has 1 aliphatic rings. The zero-order valence-electron chi connectivity index (χ0n) is 24.3. The number of benzene rings is 3. The highest BCUT2D eigenvalue weighted by atomic mass is 19.4. The van der Waals surface area contributed by atoms with Crippen LogP contribution in [-0.2, 0) is 19.3 Å². The molecule has 0 radical (unpaired) electrons. The maximum absolute atomic E-state index is 13.6. The van der Waals surface area contributed by atoms with Crippen LogP contribution in [0.3, 0.4) is 0 Å². The number of hydrogen-bond donors (Lipinski definition) is 2. The van der Waals surface area contributed by atoms with Crippen LogP contribution in [0.15, 0.2) is 91.1 Å². The number of nitrogens with one attached hydrogen (secondary N) is 2. The molecule has 44 heavy (non-hydrogen) atoms. The monoisotopic (exact) mass is 598 g/mol. The molecule has 0 amide bonds. The summed E-state index contributed by atoms with van der Waals surface area (Å²) < 4.78 is 46.2. The smallest absolute Gasteiger partial charge is 0.416 e. The number of methoxy groups -OCH3 is 1. The third-order valence-corrected chi connectivity index (χ3v) is 7.93. The Labute approximate surface area is 254 Å². The van der Waals surface area contributed by atoms with Crippen molar-refractivity contribution in [1.82, 2.24) is 24.8 Å². The Morgan fingerprint density at radius 2 is 1.68 bits per heavy atom. The van der Waals surface area contributed by atoms with Crippen LogP contribution in [0.4, 0.5) is 19.1 Å². The van der Waals surface area contributed by atoms with Crippen LogP contribution >= 0.6 is 0 Å². The molecule has 0 bridgehead atoms. The molecule has 0 saturated carbocycles. The number of aromatic amines is 1. The van der Waals surface area contributed by atoms with Crippen molar-refractivity contribution in [3.8, 4) is 28.4 Å². The highest BCUT2D eigenvalue weighted by Crippen LogP contribution is 2.37. The van der Waals surface area contributed by atoms with Crippen molar-refractivity contribution in [2.45, 2.75) is 38.0 Å². The minimum atomic E-state index is -4.46. The number of ether oxygens (including phenoxy) is 1. The lowest BCUT2D eigenvalue weighted by Gasteiger charge is -2.31. The lowest BCUT2D eigenvalue weighted by atomic mass is 9.96. The van der Waals surface area contributed by atoms with Crippen LogP contribution < -0.4 is 10.1 Å². The molecule has 1 aliphatic heterocycles. The van der Waals surface area contributed by atoms with Gasteiger partial charge in [0.1, 0.15) is 11.6 Å². The molecule has 0 atom stereocenters. The summed E-state index contributed by atoms with van der Waals surface area (Å²) in [6.45, 7) is 3.19. The summed E-state index contributed by atoms with van der Waals surface area (Å²) in [4.78, 5) is 19.9. The van der Waals surface area contributed by atoms with E-state index >= 15 is 0 Å². The van der Waals surface area contributed by atoms with E-state index in [1.807, 2.05) is 30.3 Å². The quantitative estimate of drug-likeness (QED) is 0.182. The van der Waals surface area contributed by atoms with Crippen LogP contribution in [0.5, 0.6) is 5.75 Å². The van der Waals surface area contributed by atoms with Crippen molar-refractivity contribution < 1.29 is 17.9 Å². The minimum Gasteiger partial charge on any atom is -0.497 e. The summed E-state index contributed by atoms with van der Waals surface area (Å²) in [6.07, 6.45) is -1.05. The van der Waals surface area contributed by atoms with E-state index in [-0.39, 0.29) is 5.92 Å². The Morgan fingerprint density at radius 3 is 2.41 bits per heavy atom. The van der Waals surface area contributed by atoms with Gasteiger partial charge in [-0.25, -0.2) is 15.0 Å². The number of halogens is 3. The molecule has 226 valence electrons. The number of nitrogens with zero attached hydrogens (tertiary/aromatic N) is 4. The van der Waals surface area contributed by atoms with Gasteiger partial charge in [-0.05, 0) is 67.4 Å². The average Bonchev–Trinajstić information content (AvgIpc) is 3.50. The molecule has 3 aromatic carbocycles. The zero-order chi connectivity index (χ0) is 30.5. The SMILES string of the molecule is COc1ccc(CNc2nccc(-c3[nH]c(C4CCN(Cc5ccccc5)CC4)nc3-c3cccc(C(F)(F)F)c3)n2)cc1. The van der Waals surface area contributed by atoms with E-state index in [0.717, 1.165) is 61.7 Å². The van der Waals surface area contributed by atoms with Crippen molar-refractivity contribution in [3.05, 3.63) is 114 Å². The molecule has 6 rings (SSSR count). The summed E-state index contributed by atoms with van der Waals surface area (Å²) in [5.74, 6) is 2.08. The zero-order valence-corrected chi connectivity index (χ0v) is 24.3. The Morgan fingerprint density at radius 1 is 0.909 bits per heavy atom. The number of imidazole rings is 1. The van der Waals surface area contributed by atoms with E-state index in [9.17, 15) is 13.2 Å². The van der Waals surface area contributed by atoms with Crippen molar-refractivity contribution in [2.24, 2.45) is 0 Å². The number of hydrogen-bond acceptors (Lipinski definition) is 6. The highest BCUT2D eigenvalue weighted by molar-refractivity contribution is 5.77. The van der Waals surface area contributed by atoms with Gasteiger partial charge >= 0.3 is 6.18 Å². The van der Waals surface area contributed by atoms with Crippen molar-refractivity contribution in [3.63, 3.8) is 0 Å². The first-order valence-corrected chi connectivity index (χ1v) is 14.6. The van der Waals surface area contributed by atoms with Crippen molar-refractivity contribution in [1.29, 1.82) is 0 Å². The molecule has 7 nitrogen and oxygen atoms in total. The first-order chi connectivity index (χ1) is 21.4. The average molecular weight is 599 g/mol. The largest absolute Gasteiger partial charge is 0.497 e. The van der Waals surface area contributed by atoms with Gasteiger partial charge in [0.05, 0.1) is 29.8 Å². The number of aromatic nitrogens is 4. The van der Waals surface area contributed by atoms with Gasteiger partial charge in [0.25, 0.3) is 0 Å². The van der Waals surface area contributed by atoms with Crippen LogP contribution in [-0.4, -0.2) is 45.0 Å². The molecule has 5 aromatic rings. The van der Waals surface area contributed by atoms with Crippen LogP contribution in [0.25, 0.3) is 22.6 Å². The molecule has 2 aromatic heterocycles. The first kappa shape index (κ1) is 29.4. The predicted molar refractivity (Wildman–Crippen MR) is 164 cm³/mol. The number of rotatable bonds is 9. The molecular weight excluding hydrogens is 565 g/mol. The number of alkyl halides is 3. The minimum absolute atomic E-state index is 0.148. The van der Waals surface area contributed by atoms with Crippen LogP contribution in [0, 0.1) is 0 Å². The lowest BCUT2D eigenvalue weighted by Crippen LogP contribution is -2.32. The van der Waals surface area contributed by atoms with E-state index in [2.05, 4.69) is 44.5 Å². The number of anilines is 1. The fraction of sp³-hybridized carbons (Fsp3) is 0.265. The highest BCUT2D eigenvalue weighted by Gasteiger charge is 2.31. The number of likely N-dealkylation sites (tertiary alicyclic amines) is 1. The molecule has 2 N–H and O–H groups in total. The number of piperidine rings is 1. The molecule has 3 heterocycles. The van der Waals surface area contributed by atoms with Crippen LogP contribution in [0.2, 0.25) is 0 Å². The van der Waals surface area contributed by atoms with Gasteiger partial charge in [-0.15, -0.1) is 0 Å². The summed E-state index contributed by atoms with van der Waals surface area (Å²) in [6, 6.07) is 25.1. The number of H-pyrrole nitrogens is 1. The van der Waals surface area contributed by atoms with Gasteiger partial charge in [0, 0.05) is 30.8 Å².